The van der Waals surface area contributed by atoms with Gasteiger partial charge in [-0.15, -0.1) is 4.68 Å². The van der Waals surface area contributed by atoms with E-state index in [9.17, 15) is 0 Å². The highest BCUT2D eigenvalue weighted by Gasteiger charge is 2.07. The molecule has 3 heteroatoms. The molecule has 0 saturated carbocycles. The Kier molecular flexibility index (Phi) is 1.92. The third-order valence-electron chi connectivity index (χ3n) is 1.10. The van der Waals surface area contributed by atoms with E-state index in [2.05, 4.69) is 24.2 Å². The van der Waals surface area contributed by atoms with Crippen LogP contribution in [0.25, 0.3) is 0 Å². The highest BCUT2D eigenvalue weighted by Crippen LogP contribution is 1.95. The Balaban J connectivity index is 2.35. The van der Waals surface area contributed by atoms with E-state index in [0.29, 0.717) is 5.92 Å². The molecular formula is C6H12N3+. The first kappa shape index (κ1) is 6.39. The zero-order valence-corrected chi connectivity index (χ0v) is 5.91. The fourth-order valence-electron chi connectivity index (χ4n) is 0.770. The summed E-state index contributed by atoms with van der Waals surface area (Å²) < 4.78 is 1.89. The van der Waals surface area contributed by atoms with Crippen LogP contribution in [0.2, 0.25) is 0 Å². The highest BCUT2D eigenvalue weighted by molar-refractivity contribution is 5.54. The van der Waals surface area contributed by atoms with Gasteiger partial charge in [-0.05, 0) is 5.92 Å². The summed E-state index contributed by atoms with van der Waals surface area (Å²) >= 11 is 0. The first-order valence-corrected chi connectivity index (χ1v) is 3.26. The second kappa shape index (κ2) is 2.71. The normalized spacial score (nSPS) is 17.0. The van der Waals surface area contributed by atoms with E-state index in [0.717, 1.165) is 13.1 Å². The van der Waals surface area contributed by atoms with Gasteiger partial charge in [0, 0.05) is 5.11 Å². The molecule has 3 nitrogen and oxygen atoms in total. The number of hydrogen-bond acceptors (Lipinski definition) is 2. The lowest BCUT2D eigenvalue weighted by Crippen LogP contribution is -2.10. The standard InChI is InChI=1S/C6H12N3/c1-6(2)5-9-4-3-7-8-9/h4,6H,3,5H2,1-2H3/q+1. The zero-order valence-electron chi connectivity index (χ0n) is 5.91. The molecule has 0 N–H and O–H groups in total. The maximum absolute atomic E-state index is 3.88. The molecule has 0 aliphatic carbocycles. The summed E-state index contributed by atoms with van der Waals surface area (Å²) in [4.78, 5) is 0. The van der Waals surface area contributed by atoms with Crippen molar-refractivity contribution in [1.29, 1.82) is 0 Å². The maximum Gasteiger partial charge on any atom is 0.212 e. The Bertz CT molecular complexity index is 146. The van der Waals surface area contributed by atoms with Crippen LogP contribution < -0.4 is 0 Å². The monoisotopic (exact) mass is 126 g/mol. The van der Waals surface area contributed by atoms with Crippen molar-refractivity contribution in [2.75, 3.05) is 13.1 Å². The predicted octanol–water partition coefficient (Wildman–Crippen LogP) is 1.11. The molecule has 1 rings (SSSR count). The van der Waals surface area contributed by atoms with Crippen molar-refractivity contribution in [3.05, 3.63) is 0 Å². The number of rotatable bonds is 2. The fraction of sp³-hybridized carbons (Fsp3) is 0.833. The highest BCUT2D eigenvalue weighted by atomic mass is 15.5. The summed E-state index contributed by atoms with van der Waals surface area (Å²) in [5.41, 5.74) is 0. The van der Waals surface area contributed by atoms with Crippen molar-refractivity contribution in [3.8, 4) is 0 Å². The van der Waals surface area contributed by atoms with Gasteiger partial charge in [0.1, 0.15) is 18.0 Å². The van der Waals surface area contributed by atoms with Crippen molar-refractivity contribution in [2.24, 2.45) is 16.3 Å². The average Bonchev–Trinajstić information content (AvgIpc) is 2.15. The van der Waals surface area contributed by atoms with Gasteiger partial charge in [0.05, 0.1) is 0 Å². The van der Waals surface area contributed by atoms with Crippen molar-refractivity contribution in [2.45, 2.75) is 13.8 Å². The second-order valence-corrected chi connectivity index (χ2v) is 2.61. The summed E-state index contributed by atoms with van der Waals surface area (Å²) in [6.07, 6.45) is 2.00. The van der Waals surface area contributed by atoms with Crippen LogP contribution in [0.5, 0.6) is 0 Å². The topological polar surface area (TPSA) is 27.7 Å². The molecule has 1 heterocycles. The molecule has 1 aliphatic heterocycles. The van der Waals surface area contributed by atoms with Crippen LogP contribution in [0.3, 0.4) is 0 Å². The second-order valence-electron chi connectivity index (χ2n) is 2.61. The molecule has 1 aliphatic rings. The van der Waals surface area contributed by atoms with Crippen molar-refractivity contribution in [3.63, 3.8) is 0 Å². The van der Waals surface area contributed by atoms with Crippen LogP contribution in [0.1, 0.15) is 13.8 Å². The lowest BCUT2D eigenvalue weighted by Gasteiger charge is -1.96. The molecule has 0 bridgehead atoms. The minimum Gasteiger partial charge on any atom is -0.138 e. The van der Waals surface area contributed by atoms with Gasteiger partial charge < -0.3 is 0 Å². The molecule has 0 fully saturated rings. The van der Waals surface area contributed by atoms with Crippen LogP contribution in [0.15, 0.2) is 10.3 Å². The molecule has 0 spiro atoms. The first-order valence-electron chi connectivity index (χ1n) is 3.26. The summed E-state index contributed by atoms with van der Waals surface area (Å²) in [5.74, 6) is 0.665. The van der Waals surface area contributed by atoms with E-state index in [4.69, 9.17) is 0 Å². The van der Waals surface area contributed by atoms with Crippen LogP contribution >= 0.6 is 0 Å². The van der Waals surface area contributed by atoms with Gasteiger partial charge in [-0.3, -0.25) is 0 Å². The Morgan fingerprint density at radius 1 is 1.67 bits per heavy atom. The van der Waals surface area contributed by atoms with Gasteiger partial charge in [0.25, 0.3) is 0 Å². The van der Waals surface area contributed by atoms with Crippen molar-refractivity contribution in [1.82, 2.24) is 0 Å². The molecule has 50 valence electrons. The lowest BCUT2D eigenvalue weighted by molar-refractivity contribution is -0.537. The molecule has 9 heavy (non-hydrogen) atoms. The van der Waals surface area contributed by atoms with Crippen molar-refractivity contribution >= 4 is 6.21 Å². The molecule has 0 atom stereocenters. The van der Waals surface area contributed by atoms with Crippen LogP contribution in [0, 0.1) is 5.92 Å². The van der Waals surface area contributed by atoms with E-state index in [1.54, 1.807) is 0 Å². The van der Waals surface area contributed by atoms with Gasteiger partial charge >= 0.3 is 0 Å². The maximum atomic E-state index is 3.88. The van der Waals surface area contributed by atoms with Gasteiger partial charge in [-0.2, -0.15) is 0 Å². The van der Waals surface area contributed by atoms with Crippen LogP contribution in [-0.2, 0) is 0 Å². The van der Waals surface area contributed by atoms with Gasteiger partial charge in [-0.1, -0.05) is 13.8 Å². The van der Waals surface area contributed by atoms with E-state index >= 15 is 0 Å². The zero-order chi connectivity index (χ0) is 6.69. The SMILES string of the molecule is CC(C)C[N+]1=CCN=N1. The van der Waals surface area contributed by atoms with Gasteiger partial charge in [0.2, 0.25) is 6.54 Å². The van der Waals surface area contributed by atoms with Crippen LogP contribution in [-0.4, -0.2) is 24.0 Å². The number of hydrogen-bond donors (Lipinski definition) is 0. The average molecular weight is 126 g/mol. The lowest BCUT2D eigenvalue weighted by atomic mass is 10.2. The fourth-order valence-corrected chi connectivity index (χ4v) is 0.770. The van der Waals surface area contributed by atoms with E-state index < -0.39 is 0 Å². The molecule has 0 amide bonds. The smallest absolute Gasteiger partial charge is 0.138 e. The van der Waals surface area contributed by atoms with Crippen LogP contribution in [0.4, 0.5) is 0 Å². The minimum atomic E-state index is 0.665. The van der Waals surface area contributed by atoms with E-state index in [1.165, 1.54) is 0 Å². The summed E-state index contributed by atoms with van der Waals surface area (Å²) in [6, 6.07) is 0. The predicted molar refractivity (Wildman–Crippen MR) is 35.8 cm³/mol. The Morgan fingerprint density at radius 3 is 2.89 bits per heavy atom. The Hall–Kier alpha value is -0.730. The molecule has 0 saturated heterocycles. The van der Waals surface area contributed by atoms with Crippen molar-refractivity contribution < 1.29 is 4.68 Å². The molecule has 0 aromatic rings. The molecule has 0 aromatic heterocycles. The third kappa shape index (κ3) is 1.91. The molecule has 0 radical (unpaired) electrons. The van der Waals surface area contributed by atoms with Gasteiger partial charge in [-0.25, -0.2) is 0 Å². The summed E-state index contributed by atoms with van der Waals surface area (Å²) in [7, 11) is 0. The third-order valence-corrected chi connectivity index (χ3v) is 1.10. The molecule has 0 unspecified atom stereocenters. The Morgan fingerprint density at radius 2 is 2.44 bits per heavy atom. The largest absolute Gasteiger partial charge is 0.212 e. The van der Waals surface area contributed by atoms with E-state index in [-0.39, 0.29) is 0 Å². The quantitative estimate of drug-likeness (QED) is 0.496. The first-order chi connectivity index (χ1) is 4.29. The van der Waals surface area contributed by atoms with E-state index in [1.807, 2.05) is 10.9 Å². The summed E-state index contributed by atoms with van der Waals surface area (Å²) in [5, 5.41) is 7.69. The minimum absolute atomic E-state index is 0.665. The van der Waals surface area contributed by atoms with Gasteiger partial charge in [0.15, 0.2) is 0 Å². The number of nitrogens with zero attached hydrogens (tertiary/aromatic N) is 3. The summed E-state index contributed by atoms with van der Waals surface area (Å²) in [6.45, 7) is 6.08. The Labute approximate surface area is 55.1 Å². The molecule has 0 aromatic carbocycles. The molecular weight excluding hydrogens is 114 g/mol.